The lowest BCUT2D eigenvalue weighted by Crippen LogP contribution is -2.34. The zero-order valence-electron chi connectivity index (χ0n) is 16.6. The zero-order chi connectivity index (χ0) is 19.7. The lowest BCUT2D eigenvalue weighted by Gasteiger charge is -2.22. The van der Waals surface area contributed by atoms with Gasteiger partial charge in [-0.05, 0) is 36.8 Å². The van der Waals surface area contributed by atoms with E-state index in [1.807, 2.05) is 44.6 Å². The van der Waals surface area contributed by atoms with Crippen molar-refractivity contribution in [3.05, 3.63) is 34.8 Å². The third-order valence-electron chi connectivity index (χ3n) is 4.97. The molecule has 0 spiro atoms. The molecule has 3 aromatic heterocycles. The molecule has 0 aliphatic heterocycles. The van der Waals surface area contributed by atoms with Crippen LogP contribution in [0.2, 0.25) is 0 Å². The molecule has 27 heavy (non-hydrogen) atoms. The summed E-state index contributed by atoms with van der Waals surface area (Å²) in [7, 11) is 3.69. The minimum absolute atomic E-state index is 0.0211. The fraction of sp³-hybridized carbons (Fsp3) is 0.450. The van der Waals surface area contributed by atoms with Gasteiger partial charge in [0.25, 0.3) is 5.91 Å². The van der Waals surface area contributed by atoms with Crippen molar-refractivity contribution in [3.8, 4) is 10.6 Å². The molecule has 1 amide bonds. The SMILES string of the molecule is Cc1nn(C)c2nc(-c3cccs3)cc(C(=O)N(C)CCC(N)C(C)C)c12. The summed E-state index contributed by atoms with van der Waals surface area (Å²) in [4.78, 5) is 20.8. The predicted molar refractivity (Wildman–Crippen MR) is 111 cm³/mol. The number of carbonyl (C=O) groups is 1. The van der Waals surface area contributed by atoms with Gasteiger partial charge in [0.1, 0.15) is 0 Å². The highest BCUT2D eigenvalue weighted by Crippen LogP contribution is 2.29. The maximum Gasteiger partial charge on any atom is 0.254 e. The van der Waals surface area contributed by atoms with E-state index in [9.17, 15) is 4.79 Å². The molecule has 3 aromatic rings. The molecule has 144 valence electrons. The molecular weight excluding hydrogens is 358 g/mol. The van der Waals surface area contributed by atoms with Gasteiger partial charge in [0, 0.05) is 26.7 Å². The van der Waals surface area contributed by atoms with Crippen LogP contribution in [0.5, 0.6) is 0 Å². The standard InChI is InChI=1S/C20H27N5OS/c1-12(2)15(21)8-9-24(4)20(26)14-11-16(17-7-6-10-27-17)22-19-18(14)13(3)23-25(19)5/h6-7,10-12,15H,8-9,21H2,1-5H3. The van der Waals surface area contributed by atoms with Gasteiger partial charge in [-0.1, -0.05) is 19.9 Å². The van der Waals surface area contributed by atoms with E-state index in [0.29, 0.717) is 18.0 Å². The Labute approximate surface area is 164 Å². The van der Waals surface area contributed by atoms with Gasteiger partial charge in [-0.15, -0.1) is 11.3 Å². The van der Waals surface area contributed by atoms with Crippen molar-refractivity contribution in [1.29, 1.82) is 0 Å². The van der Waals surface area contributed by atoms with Crippen LogP contribution in [0.3, 0.4) is 0 Å². The highest BCUT2D eigenvalue weighted by atomic mass is 32.1. The molecule has 1 atom stereocenters. The van der Waals surface area contributed by atoms with Crippen molar-refractivity contribution in [1.82, 2.24) is 19.7 Å². The van der Waals surface area contributed by atoms with Gasteiger partial charge in [-0.3, -0.25) is 9.48 Å². The van der Waals surface area contributed by atoms with E-state index in [2.05, 4.69) is 18.9 Å². The number of fused-ring (bicyclic) bond motifs is 1. The maximum absolute atomic E-state index is 13.2. The van der Waals surface area contributed by atoms with Crippen LogP contribution in [0.15, 0.2) is 23.6 Å². The van der Waals surface area contributed by atoms with Gasteiger partial charge in [-0.25, -0.2) is 4.98 Å². The van der Waals surface area contributed by atoms with E-state index >= 15 is 0 Å². The van der Waals surface area contributed by atoms with E-state index in [4.69, 9.17) is 10.7 Å². The summed E-state index contributed by atoms with van der Waals surface area (Å²) >= 11 is 1.61. The van der Waals surface area contributed by atoms with E-state index in [1.165, 1.54) is 0 Å². The molecule has 0 saturated heterocycles. The van der Waals surface area contributed by atoms with E-state index in [-0.39, 0.29) is 11.9 Å². The summed E-state index contributed by atoms with van der Waals surface area (Å²) in [5.74, 6) is 0.374. The Bertz CT molecular complexity index is 945. The minimum Gasteiger partial charge on any atom is -0.342 e. The molecule has 3 heterocycles. The normalized spacial score (nSPS) is 12.7. The lowest BCUT2D eigenvalue weighted by molar-refractivity contribution is 0.0791. The lowest BCUT2D eigenvalue weighted by atomic mass is 10.0. The van der Waals surface area contributed by atoms with E-state index in [1.54, 1.807) is 20.9 Å². The van der Waals surface area contributed by atoms with Crippen molar-refractivity contribution in [2.24, 2.45) is 18.7 Å². The first-order chi connectivity index (χ1) is 12.8. The first kappa shape index (κ1) is 19.5. The molecule has 0 aliphatic carbocycles. The van der Waals surface area contributed by atoms with E-state index < -0.39 is 0 Å². The Morgan fingerprint density at radius 1 is 1.41 bits per heavy atom. The highest BCUT2D eigenvalue weighted by molar-refractivity contribution is 7.13. The van der Waals surface area contributed by atoms with Crippen LogP contribution in [0.4, 0.5) is 0 Å². The molecule has 0 aromatic carbocycles. The summed E-state index contributed by atoms with van der Waals surface area (Å²) in [5.41, 5.74) is 9.14. The average molecular weight is 386 g/mol. The van der Waals surface area contributed by atoms with Crippen molar-refractivity contribution in [2.45, 2.75) is 33.2 Å². The number of hydrogen-bond donors (Lipinski definition) is 1. The third-order valence-corrected chi connectivity index (χ3v) is 5.87. The number of carbonyl (C=O) groups excluding carboxylic acids is 1. The fourth-order valence-corrected chi connectivity index (χ4v) is 3.83. The molecule has 6 nitrogen and oxygen atoms in total. The topological polar surface area (TPSA) is 77.0 Å². The molecule has 0 bridgehead atoms. The predicted octanol–water partition coefficient (Wildman–Crippen LogP) is 3.45. The molecule has 1 unspecified atom stereocenters. The highest BCUT2D eigenvalue weighted by Gasteiger charge is 2.22. The summed E-state index contributed by atoms with van der Waals surface area (Å²) in [5, 5.41) is 7.31. The number of thiophene rings is 1. The summed E-state index contributed by atoms with van der Waals surface area (Å²) < 4.78 is 1.74. The molecule has 0 saturated carbocycles. The first-order valence-electron chi connectivity index (χ1n) is 9.18. The second-order valence-corrected chi connectivity index (χ2v) is 8.31. The number of rotatable bonds is 6. The second-order valence-electron chi connectivity index (χ2n) is 7.36. The molecular formula is C20H27N5OS. The Morgan fingerprint density at radius 2 is 2.15 bits per heavy atom. The van der Waals surface area contributed by atoms with Crippen LogP contribution in [-0.2, 0) is 7.05 Å². The van der Waals surface area contributed by atoms with Crippen molar-refractivity contribution in [3.63, 3.8) is 0 Å². The van der Waals surface area contributed by atoms with Crippen LogP contribution in [0.1, 0.15) is 36.3 Å². The zero-order valence-corrected chi connectivity index (χ0v) is 17.4. The summed E-state index contributed by atoms with van der Waals surface area (Å²) in [6, 6.07) is 5.98. The number of nitrogens with zero attached hydrogens (tertiary/aromatic N) is 4. The maximum atomic E-state index is 13.2. The van der Waals surface area contributed by atoms with Gasteiger partial charge in [-0.2, -0.15) is 5.10 Å². The van der Waals surface area contributed by atoms with Gasteiger partial charge < -0.3 is 10.6 Å². The Morgan fingerprint density at radius 3 is 2.78 bits per heavy atom. The van der Waals surface area contributed by atoms with Gasteiger partial charge in [0.2, 0.25) is 0 Å². The first-order valence-corrected chi connectivity index (χ1v) is 10.1. The molecule has 0 fully saturated rings. The van der Waals surface area contributed by atoms with Gasteiger partial charge in [0.05, 0.1) is 27.2 Å². The summed E-state index contributed by atoms with van der Waals surface area (Å²) in [6.45, 7) is 6.74. The van der Waals surface area contributed by atoms with Crippen molar-refractivity contribution >= 4 is 28.3 Å². The molecule has 0 radical (unpaired) electrons. The molecule has 0 aliphatic rings. The number of nitrogens with two attached hydrogens (primary N) is 1. The monoisotopic (exact) mass is 385 g/mol. The van der Waals surface area contributed by atoms with Crippen LogP contribution in [0, 0.1) is 12.8 Å². The molecule has 3 rings (SSSR count). The van der Waals surface area contributed by atoms with E-state index in [0.717, 1.165) is 33.7 Å². The summed E-state index contributed by atoms with van der Waals surface area (Å²) in [6.07, 6.45) is 0.776. The molecule has 7 heteroatoms. The smallest absolute Gasteiger partial charge is 0.254 e. The van der Waals surface area contributed by atoms with Crippen LogP contribution < -0.4 is 5.73 Å². The van der Waals surface area contributed by atoms with Crippen molar-refractivity contribution < 1.29 is 4.79 Å². The number of pyridine rings is 1. The van der Waals surface area contributed by atoms with Crippen LogP contribution in [-0.4, -0.2) is 45.2 Å². The second kappa shape index (κ2) is 7.78. The number of aromatic nitrogens is 3. The number of aryl methyl sites for hydroxylation is 2. The quantitative estimate of drug-likeness (QED) is 0.705. The Balaban J connectivity index is 2.00. The van der Waals surface area contributed by atoms with Crippen molar-refractivity contribution in [2.75, 3.05) is 13.6 Å². The Kier molecular flexibility index (Phi) is 5.62. The van der Waals surface area contributed by atoms with Crippen LogP contribution in [0.25, 0.3) is 21.6 Å². The number of hydrogen-bond acceptors (Lipinski definition) is 5. The Hall–Kier alpha value is -2.25. The largest absolute Gasteiger partial charge is 0.342 e. The van der Waals surface area contributed by atoms with Gasteiger partial charge in [0.15, 0.2) is 5.65 Å². The average Bonchev–Trinajstić information content (AvgIpc) is 3.27. The minimum atomic E-state index is -0.0211. The fourth-order valence-electron chi connectivity index (χ4n) is 3.15. The third kappa shape index (κ3) is 3.89. The van der Waals surface area contributed by atoms with Crippen LogP contribution >= 0.6 is 11.3 Å². The number of amides is 1. The van der Waals surface area contributed by atoms with Gasteiger partial charge >= 0.3 is 0 Å². The molecule has 2 N–H and O–H groups in total.